The standard InChI is InChI=1S/C21H28FN3O5/c1-24-8-6-14(7-9-24)13-30-17-5-3-4-16(22)19(17)23-18-15(21(28)29-2)12-25(10-11-26)20(18)27/h3-5,14,23,26H,6-13H2,1-2H3. The minimum absolute atomic E-state index is 0.000953. The van der Waals surface area contributed by atoms with Crippen molar-refractivity contribution in [2.45, 2.75) is 12.8 Å². The van der Waals surface area contributed by atoms with Gasteiger partial charge in [0.1, 0.15) is 23.0 Å². The van der Waals surface area contributed by atoms with Gasteiger partial charge >= 0.3 is 5.97 Å². The lowest BCUT2D eigenvalue weighted by atomic mass is 9.98. The molecule has 3 rings (SSSR count). The van der Waals surface area contributed by atoms with Gasteiger partial charge in [-0.3, -0.25) is 4.79 Å². The maximum Gasteiger partial charge on any atom is 0.337 e. The second kappa shape index (κ2) is 9.90. The molecular formula is C21H28FN3O5. The van der Waals surface area contributed by atoms with Crippen LogP contribution in [0.1, 0.15) is 12.8 Å². The van der Waals surface area contributed by atoms with E-state index in [1.165, 1.54) is 24.1 Å². The van der Waals surface area contributed by atoms with Gasteiger partial charge in [-0.05, 0) is 51.0 Å². The number of likely N-dealkylation sites (tertiary alicyclic amines) is 1. The van der Waals surface area contributed by atoms with Crippen molar-refractivity contribution in [3.63, 3.8) is 0 Å². The van der Waals surface area contributed by atoms with Crippen molar-refractivity contribution in [2.75, 3.05) is 58.9 Å². The van der Waals surface area contributed by atoms with E-state index in [-0.39, 0.29) is 42.4 Å². The van der Waals surface area contributed by atoms with E-state index in [1.807, 2.05) is 0 Å². The summed E-state index contributed by atoms with van der Waals surface area (Å²) in [5.74, 6) is -1.14. The van der Waals surface area contributed by atoms with Crippen LogP contribution in [0, 0.1) is 11.7 Å². The van der Waals surface area contributed by atoms with Crippen molar-refractivity contribution in [1.82, 2.24) is 9.80 Å². The Kier molecular flexibility index (Phi) is 7.28. The third-order valence-corrected chi connectivity index (χ3v) is 5.49. The number of piperidine rings is 1. The Bertz CT molecular complexity index is 821. The van der Waals surface area contributed by atoms with E-state index in [1.54, 1.807) is 6.07 Å². The summed E-state index contributed by atoms with van der Waals surface area (Å²) < 4.78 is 25.3. The number of hydrogen-bond donors (Lipinski definition) is 2. The number of aliphatic hydroxyl groups is 1. The van der Waals surface area contributed by atoms with Gasteiger partial charge in [0.2, 0.25) is 0 Å². The summed E-state index contributed by atoms with van der Waals surface area (Å²) in [5.41, 5.74) is 0.0195. The lowest BCUT2D eigenvalue weighted by Gasteiger charge is -2.29. The van der Waals surface area contributed by atoms with Crippen molar-refractivity contribution in [1.29, 1.82) is 0 Å². The van der Waals surface area contributed by atoms with Crippen LogP contribution in [0.4, 0.5) is 10.1 Å². The number of para-hydroxylation sites is 1. The molecule has 1 aromatic carbocycles. The zero-order valence-electron chi connectivity index (χ0n) is 17.3. The number of β-amino-alcohol motifs (C(OH)–C–C–N with tert-alkyl or cyclic N) is 1. The molecular weight excluding hydrogens is 393 g/mol. The minimum Gasteiger partial charge on any atom is -0.491 e. The highest BCUT2D eigenvalue weighted by Crippen LogP contribution is 2.32. The molecule has 1 fully saturated rings. The van der Waals surface area contributed by atoms with E-state index < -0.39 is 17.7 Å². The Morgan fingerprint density at radius 2 is 2.07 bits per heavy atom. The summed E-state index contributed by atoms with van der Waals surface area (Å²) >= 11 is 0. The van der Waals surface area contributed by atoms with Crippen LogP contribution in [0.2, 0.25) is 0 Å². The van der Waals surface area contributed by atoms with Crippen LogP contribution in [-0.2, 0) is 14.3 Å². The molecule has 9 heteroatoms. The Hall–Kier alpha value is -2.65. The van der Waals surface area contributed by atoms with E-state index in [9.17, 15) is 14.0 Å². The van der Waals surface area contributed by atoms with Gasteiger partial charge in [0.25, 0.3) is 5.91 Å². The fourth-order valence-electron chi connectivity index (χ4n) is 3.66. The molecule has 1 amide bonds. The van der Waals surface area contributed by atoms with Gasteiger partial charge in [-0.15, -0.1) is 0 Å². The van der Waals surface area contributed by atoms with E-state index in [4.69, 9.17) is 14.6 Å². The number of nitrogens with zero attached hydrogens (tertiary/aromatic N) is 2. The number of halogens is 1. The van der Waals surface area contributed by atoms with Crippen molar-refractivity contribution < 1.29 is 28.6 Å². The SMILES string of the molecule is COC(=O)C1=C(Nc2c(F)cccc2OCC2CCN(C)CC2)C(=O)N(CCO)C1. The lowest BCUT2D eigenvalue weighted by molar-refractivity contribution is -0.136. The number of benzene rings is 1. The average Bonchev–Trinajstić information content (AvgIpc) is 3.05. The molecule has 0 aromatic heterocycles. The molecule has 1 saturated heterocycles. The van der Waals surface area contributed by atoms with Gasteiger partial charge in [0.15, 0.2) is 0 Å². The largest absolute Gasteiger partial charge is 0.491 e. The lowest BCUT2D eigenvalue weighted by Crippen LogP contribution is -2.32. The Balaban J connectivity index is 1.80. The van der Waals surface area contributed by atoms with E-state index in [0.29, 0.717) is 12.5 Å². The Morgan fingerprint density at radius 3 is 2.73 bits per heavy atom. The van der Waals surface area contributed by atoms with Crippen LogP contribution in [0.15, 0.2) is 29.5 Å². The molecule has 0 saturated carbocycles. The van der Waals surface area contributed by atoms with Crippen molar-refractivity contribution in [3.8, 4) is 5.75 Å². The fraction of sp³-hybridized carbons (Fsp3) is 0.524. The van der Waals surface area contributed by atoms with Crippen molar-refractivity contribution in [2.24, 2.45) is 5.92 Å². The number of ether oxygens (including phenoxy) is 2. The van der Waals surface area contributed by atoms with Crippen LogP contribution in [0.5, 0.6) is 5.75 Å². The first-order chi connectivity index (χ1) is 14.4. The summed E-state index contributed by atoms with van der Waals surface area (Å²) in [4.78, 5) is 28.4. The fourth-order valence-corrected chi connectivity index (χ4v) is 3.66. The predicted octanol–water partition coefficient (Wildman–Crippen LogP) is 1.22. The zero-order chi connectivity index (χ0) is 21.7. The molecule has 0 unspecified atom stereocenters. The first-order valence-electron chi connectivity index (χ1n) is 10.0. The number of rotatable bonds is 8. The topological polar surface area (TPSA) is 91.3 Å². The summed E-state index contributed by atoms with van der Waals surface area (Å²) in [6.07, 6.45) is 2.00. The second-order valence-electron chi connectivity index (χ2n) is 7.59. The average molecular weight is 421 g/mol. The minimum atomic E-state index is -0.684. The second-order valence-corrected chi connectivity index (χ2v) is 7.59. The number of esters is 1. The number of carbonyl (C=O) groups excluding carboxylic acids is 2. The monoisotopic (exact) mass is 421 g/mol. The number of anilines is 1. The maximum atomic E-state index is 14.6. The van der Waals surface area contributed by atoms with Crippen molar-refractivity contribution in [3.05, 3.63) is 35.3 Å². The molecule has 1 aromatic rings. The first-order valence-corrected chi connectivity index (χ1v) is 10.0. The number of nitrogens with one attached hydrogen (secondary N) is 1. The van der Waals surface area contributed by atoms with Crippen LogP contribution < -0.4 is 10.1 Å². The third-order valence-electron chi connectivity index (χ3n) is 5.49. The number of aliphatic hydroxyl groups excluding tert-OH is 1. The van der Waals surface area contributed by atoms with Gasteiger partial charge in [0.05, 0.1) is 32.4 Å². The highest BCUT2D eigenvalue weighted by atomic mass is 19.1. The quantitative estimate of drug-likeness (QED) is 0.610. The maximum absolute atomic E-state index is 14.6. The molecule has 30 heavy (non-hydrogen) atoms. The number of amides is 1. The smallest absolute Gasteiger partial charge is 0.337 e. The van der Waals surface area contributed by atoms with Gasteiger partial charge in [-0.2, -0.15) is 0 Å². The Morgan fingerprint density at radius 1 is 1.33 bits per heavy atom. The highest BCUT2D eigenvalue weighted by molar-refractivity contribution is 6.08. The van der Waals surface area contributed by atoms with Gasteiger partial charge in [-0.1, -0.05) is 6.07 Å². The Labute approximate surface area is 175 Å². The van der Waals surface area contributed by atoms with E-state index in [2.05, 4.69) is 17.3 Å². The summed E-state index contributed by atoms with van der Waals surface area (Å²) in [7, 11) is 3.29. The van der Waals surface area contributed by atoms with Crippen LogP contribution >= 0.6 is 0 Å². The number of hydrogen-bond acceptors (Lipinski definition) is 7. The van der Waals surface area contributed by atoms with E-state index >= 15 is 0 Å². The van der Waals surface area contributed by atoms with Crippen LogP contribution in [0.25, 0.3) is 0 Å². The molecule has 8 nitrogen and oxygen atoms in total. The zero-order valence-corrected chi connectivity index (χ0v) is 17.3. The summed E-state index contributed by atoms with van der Waals surface area (Å²) in [6, 6.07) is 4.42. The molecule has 0 spiro atoms. The normalized spacial score (nSPS) is 18.1. The molecule has 0 bridgehead atoms. The molecule has 0 aliphatic carbocycles. The van der Waals surface area contributed by atoms with Crippen LogP contribution in [-0.4, -0.2) is 80.3 Å². The van der Waals surface area contributed by atoms with Gasteiger partial charge < -0.3 is 29.7 Å². The van der Waals surface area contributed by atoms with Crippen LogP contribution in [0.3, 0.4) is 0 Å². The first kappa shape index (κ1) is 22.0. The highest BCUT2D eigenvalue weighted by Gasteiger charge is 2.35. The summed E-state index contributed by atoms with van der Waals surface area (Å²) in [5, 5.41) is 11.9. The molecule has 0 atom stereocenters. The molecule has 2 aliphatic heterocycles. The van der Waals surface area contributed by atoms with Crippen molar-refractivity contribution >= 4 is 17.6 Å². The number of carbonyl (C=O) groups is 2. The predicted molar refractivity (Wildman–Crippen MR) is 108 cm³/mol. The summed E-state index contributed by atoms with van der Waals surface area (Å²) in [6.45, 7) is 2.22. The molecule has 2 heterocycles. The molecule has 2 aliphatic rings. The molecule has 0 radical (unpaired) electrons. The molecule has 164 valence electrons. The van der Waals surface area contributed by atoms with Gasteiger partial charge in [-0.25, -0.2) is 9.18 Å². The molecule has 2 N–H and O–H groups in total. The third kappa shape index (κ3) is 4.91. The van der Waals surface area contributed by atoms with Gasteiger partial charge in [0, 0.05) is 6.54 Å². The van der Waals surface area contributed by atoms with E-state index in [0.717, 1.165) is 25.9 Å². The number of methoxy groups -OCH3 is 1.